The van der Waals surface area contributed by atoms with Crippen molar-refractivity contribution in [3.8, 4) is 6.07 Å². The van der Waals surface area contributed by atoms with Crippen LogP contribution in [0.15, 0.2) is 47.4 Å². The molecule has 1 atom stereocenters. The Hall–Kier alpha value is -2.36. The molecule has 6 heteroatoms. The SMILES string of the molecule is N#Cc1cc(S(N)(=O)=O)ccc1NCC1CCCc2ccccc21. The van der Waals surface area contributed by atoms with Crippen LogP contribution in [0.5, 0.6) is 0 Å². The molecule has 0 aliphatic heterocycles. The van der Waals surface area contributed by atoms with E-state index in [1.54, 1.807) is 6.07 Å². The third-order valence-corrected chi connectivity index (χ3v) is 5.38. The van der Waals surface area contributed by atoms with E-state index in [0.29, 0.717) is 18.2 Å². The minimum atomic E-state index is -3.81. The first-order valence-corrected chi connectivity index (χ1v) is 9.42. The maximum Gasteiger partial charge on any atom is 0.238 e. The van der Waals surface area contributed by atoms with Gasteiger partial charge in [-0.05, 0) is 48.6 Å². The lowest BCUT2D eigenvalue weighted by Gasteiger charge is -2.26. The van der Waals surface area contributed by atoms with Crippen LogP contribution >= 0.6 is 0 Å². The molecular weight excluding hydrogens is 322 g/mol. The zero-order chi connectivity index (χ0) is 17.2. The number of primary sulfonamides is 1. The predicted octanol–water partition coefficient (Wildman–Crippen LogP) is 2.74. The van der Waals surface area contributed by atoms with Gasteiger partial charge in [-0.3, -0.25) is 0 Å². The molecule has 0 bridgehead atoms. The molecule has 0 radical (unpaired) electrons. The van der Waals surface area contributed by atoms with Gasteiger partial charge in [0.15, 0.2) is 0 Å². The van der Waals surface area contributed by atoms with Crippen molar-refractivity contribution in [2.45, 2.75) is 30.1 Å². The first-order valence-electron chi connectivity index (χ1n) is 7.87. The van der Waals surface area contributed by atoms with Gasteiger partial charge in [-0.2, -0.15) is 5.26 Å². The second-order valence-electron chi connectivity index (χ2n) is 6.03. The molecule has 0 aromatic heterocycles. The van der Waals surface area contributed by atoms with Crippen LogP contribution in [-0.4, -0.2) is 15.0 Å². The van der Waals surface area contributed by atoms with E-state index in [4.69, 9.17) is 5.14 Å². The summed E-state index contributed by atoms with van der Waals surface area (Å²) in [5.41, 5.74) is 3.66. The van der Waals surface area contributed by atoms with Gasteiger partial charge in [0.05, 0.1) is 16.1 Å². The van der Waals surface area contributed by atoms with Crippen LogP contribution in [0.1, 0.15) is 35.4 Å². The molecule has 1 aliphatic rings. The second kappa shape index (κ2) is 6.63. The van der Waals surface area contributed by atoms with Gasteiger partial charge < -0.3 is 5.32 Å². The van der Waals surface area contributed by atoms with Gasteiger partial charge in [0.25, 0.3) is 0 Å². The number of benzene rings is 2. The Morgan fingerprint density at radius 1 is 1.25 bits per heavy atom. The molecule has 5 nitrogen and oxygen atoms in total. The van der Waals surface area contributed by atoms with E-state index in [-0.39, 0.29) is 10.5 Å². The Bertz CT molecular complexity index is 901. The monoisotopic (exact) mass is 341 g/mol. The molecule has 3 N–H and O–H groups in total. The van der Waals surface area contributed by atoms with Crippen LogP contribution in [0.4, 0.5) is 5.69 Å². The standard InChI is InChI=1S/C18H19N3O2S/c19-11-15-10-16(24(20,22)23)8-9-18(15)21-12-14-6-3-5-13-4-1-2-7-17(13)14/h1-2,4,7-10,14,21H,3,5-6,12H2,(H2,20,22,23). The molecule has 2 aromatic rings. The number of rotatable bonds is 4. The molecule has 0 heterocycles. The highest BCUT2D eigenvalue weighted by Gasteiger charge is 2.20. The Morgan fingerprint density at radius 2 is 2.04 bits per heavy atom. The summed E-state index contributed by atoms with van der Waals surface area (Å²) in [6, 6.07) is 14.8. The minimum Gasteiger partial charge on any atom is -0.383 e. The Morgan fingerprint density at radius 3 is 2.79 bits per heavy atom. The molecule has 0 amide bonds. The fourth-order valence-electron chi connectivity index (χ4n) is 3.25. The van der Waals surface area contributed by atoms with Gasteiger partial charge in [-0.1, -0.05) is 24.3 Å². The van der Waals surface area contributed by atoms with Gasteiger partial charge in [-0.25, -0.2) is 13.6 Å². The number of nitrogens with one attached hydrogen (secondary N) is 1. The molecule has 2 aromatic carbocycles. The molecule has 24 heavy (non-hydrogen) atoms. The predicted molar refractivity (Wildman–Crippen MR) is 93.1 cm³/mol. The number of nitrogens with zero attached hydrogens (tertiary/aromatic N) is 1. The number of nitrogens with two attached hydrogens (primary N) is 1. The lowest BCUT2D eigenvalue weighted by molar-refractivity contribution is 0.571. The van der Waals surface area contributed by atoms with Gasteiger partial charge >= 0.3 is 0 Å². The molecule has 0 fully saturated rings. The molecule has 124 valence electrons. The maximum absolute atomic E-state index is 11.4. The second-order valence-corrected chi connectivity index (χ2v) is 7.59. The highest BCUT2D eigenvalue weighted by Crippen LogP contribution is 2.32. The van der Waals surface area contributed by atoms with Crippen molar-refractivity contribution in [3.05, 3.63) is 59.2 Å². The van der Waals surface area contributed by atoms with Crippen molar-refractivity contribution in [1.29, 1.82) is 5.26 Å². The minimum absolute atomic E-state index is 0.0485. The fourth-order valence-corrected chi connectivity index (χ4v) is 3.79. The molecule has 1 aliphatic carbocycles. The first-order chi connectivity index (χ1) is 11.5. The quantitative estimate of drug-likeness (QED) is 0.893. The van der Waals surface area contributed by atoms with Crippen molar-refractivity contribution in [3.63, 3.8) is 0 Å². The van der Waals surface area contributed by atoms with E-state index < -0.39 is 10.0 Å². The van der Waals surface area contributed by atoms with E-state index in [1.807, 2.05) is 6.07 Å². The summed E-state index contributed by atoms with van der Waals surface area (Å²) in [4.78, 5) is -0.0485. The molecule has 0 saturated carbocycles. The highest BCUT2D eigenvalue weighted by molar-refractivity contribution is 7.89. The van der Waals surface area contributed by atoms with Gasteiger partial charge in [0.2, 0.25) is 10.0 Å². The Labute approximate surface area is 142 Å². The Kier molecular flexibility index (Phi) is 4.56. The summed E-state index contributed by atoms with van der Waals surface area (Å²) in [5.74, 6) is 0.388. The van der Waals surface area contributed by atoms with Gasteiger partial charge in [-0.15, -0.1) is 0 Å². The zero-order valence-electron chi connectivity index (χ0n) is 13.2. The molecule has 1 unspecified atom stereocenters. The van der Waals surface area contributed by atoms with Gasteiger partial charge in [0.1, 0.15) is 6.07 Å². The molecule has 0 saturated heterocycles. The van der Waals surface area contributed by atoms with Gasteiger partial charge in [0, 0.05) is 12.5 Å². The summed E-state index contributed by atoms with van der Waals surface area (Å²) in [6.45, 7) is 0.709. The maximum atomic E-state index is 11.4. The lowest BCUT2D eigenvalue weighted by atomic mass is 9.83. The zero-order valence-corrected chi connectivity index (χ0v) is 14.0. The molecular formula is C18H19N3O2S. The van der Waals surface area contributed by atoms with Crippen LogP contribution in [0.3, 0.4) is 0 Å². The van der Waals surface area contributed by atoms with Crippen LogP contribution in [0, 0.1) is 11.3 Å². The summed E-state index contributed by atoms with van der Waals surface area (Å²) in [6.07, 6.45) is 3.36. The summed E-state index contributed by atoms with van der Waals surface area (Å²) in [5, 5.41) is 17.7. The Balaban J connectivity index is 1.80. The normalized spacial score (nSPS) is 16.9. The van der Waals surface area contributed by atoms with Crippen LogP contribution in [0.2, 0.25) is 0 Å². The van der Waals surface area contributed by atoms with Crippen LogP contribution < -0.4 is 10.5 Å². The van der Waals surface area contributed by atoms with Crippen molar-refractivity contribution in [2.24, 2.45) is 5.14 Å². The number of anilines is 1. The number of hydrogen-bond donors (Lipinski definition) is 2. The summed E-state index contributed by atoms with van der Waals surface area (Å²) in [7, 11) is -3.81. The first kappa shape index (κ1) is 16.5. The van der Waals surface area contributed by atoms with Crippen LogP contribution in [-0.2, 0) is 16.4 Å². The largest absolute Gasteiger partial charge is 0.383 e. The van der Waals surface area contributed by atoms with Crippen molar-refractivity contribution < 1.29 is 8.42 Å². The van der Waals surface area contributed by atoms with E-state index >= 15 is 0 Å². The topological polar surface area (TPSA) is 96.0 Å². The number of sulfonamides is 1. The van der Waals surface area contributed by atoms with Crippen LogP contribution in [0.25, 0.3) is 0 Å². The third-order valence-electron chi connectivity index (χ3n) is 4.47. The van der Waals surface area contributed by atoms with Crippen molar-refractivity contribution >= 4 is 15.7 Å². The number of nitriles is 1. The average Bonchev–Trinajstić information content (AvgIpc) is 2.59. The number of fused-ring (bicyclic) bond motifs is 1. The smallest absolute Gasteiger partial charge is 0.238 e. The number of hydrogen-bond acceptors (Lipinski definition) is 4. The van der Waals surface area contributed by atoms with E-state index in [2.05, 4.69) is 29.6 Å². The van der Waals surface area contributed by atoms with E-state index in [9.17, 15) is 13.7 Å². The van der Waals surface area contributed by atoms with E-state index in [1.165, 1.54) is 23.3 Å². The summed E-state index contributed by atoms with van der Waals surface area (Å²) < 4.78 is 22.8. The average molecular weight is 341 g/mol. The van der Waals surface area contributed by atoms with E-state index in [0.717, 1.165) is 19.3 Å². The molecule has 0 spiro atoms. The van der Waals surface area contributed by atoms with Crippen molar-refractivity contribution in [1.82, 2.24) is 0 Å². The third kappa shape index (κ3) is 3.42. The molecule has 3 rings (SSSR count). The summed E-state index contributed by atoms with van der Waals surface area (Å²) >= 11 is 0. The lowest BCUT2D eigenvalue weighted by Crippen LogP contribution is -2.18. The van der Waals surface area contributed by atoms with Crippen molar-refractivity contribution in [2.75, 3.05) is 11.9 Å². The highest BCUT2D eigenvalue weighted by atomic mass is 32.2. The fraction of sp³-hybridized carbons (Fsp3) is 0.278. The number of aryl methyl sites for hydroxylation is 1.